The minimum atomic E-state index is -4.31. The molecule has 4 fully saturated rings. The second kappa shape index (κ2) is 25.5. The summed E-state index contributed by atoms with van der Waals surface area (Å²) in [5.74, 6) is 0.204. The van der Waals surface area contributed by atoms with E-state index in [4.69, 9.17) is 22.7 Å². The Morgan fingerprint density at radius 1 is 0.514 bits per heavy atom. The summed E-state index contributed by atoms with van der Waals surface area (Å²) in [5.41, 5.74) is 3.79. The smallest absolute Gasteiger partial charge is 0.382 e. The normalized spacial score (nSPS) is 17.6. The third kappa shape index (κ3) is 16.0. The van der Waals surface area contributed by atoms with Crippen LogP contribution in [0, 0.1) is 22.7 Å². The fourth-order valence-electron chi connectivity index (χ4n) is 9.71. The molecule has 4 aromatic carbocycles. The highest BCUT2D eigenvalue weighted by Crippen LogP contribution is 2.32. The molecule has 0 bridgehead atoms. The van der Waals surface area contributed by atoms with Gasteiger partial charge in [0.25, 0.3) is 0 Å². The van der Waals surface area contributed by atoms with Crippen LogP contribution in [0.3, 0.4) is 0 Å². The number of nitrogens with one attached hydrogen (secondary N) is 2. The number of nitriles is 2. The highest BCUT2D eigenvalue weighted by Gasteiger charge is 2.32. The zero-order valence-electron chi connectivity index (χ0n) is 40.6. The molecular formula is C54H64F6N10OS. The molecule has 1 amide bonds. The topological polar surface area (TPSA) is 108 Å². The van der Waals surface area contributed by atoms with Gasteiger partial charge in [-0.05, 0) is 155 Å². The van der Waals surface area contributed by atoms with E-state index >= 15 is 0 Å². The average molecular weight is 1020 g/mol. The van der Waals surface area contributed by atoms with Crippen LogP contribution in [0.15, 0.2) is 97.1 Å². The molecule has 18 heteroatoms. The van der Waals surface area contributed by atoms with Crippen molar-refractivity contribution >= 4 is 45.9 Å². The summed E-state index contributed by atoms with van der Waals surface area (Å²) >= 11 is 5.72. The maximum absolute atomic E-state index is 12.8. The largest absolute Gasteiger partial charge is 0.416 e. The SMILES string of the molecule is N#Cc1ccc(NC2CCN(C(=O)CCCN3CCN(c4ccc(C(F)(F)F)cc4)CC3)CC2)cc1.N#Cc1ccc(NC2CCN(C(=S)CCCN3CCN(c4ccc(C(F)(F)F)cc4)CC3)CC2)cc1. The number of piperidine rings is 2. The van der Waals surface area contributed by atoms with E-state index < -0.39 is 23.5 Å². The molecule has 4 aliphatic heterocycles. The lowest BCUT2D eigenvalue weighted by Crippen LogP contribution is -2.47. The van der Waals surface area contributed by atoms with Crippen LogP contribution in [0.2, 0.25) is 0 Å². The molecule has 0 aromatic heterocycles. The molecule has 384 valence electrons. The molecule has 0 unspecified atom stereocenters. The van der Waals surface area contributed by atoms with Crippen molar-refractivity contribution in [3.63, 3.8) is 0 Å². The Hall–Kier alpha value is -6.08. The molecule has 0 atom stereocenters. The van der Waals surface area contributed by atoms with E-state index in [1.807, 2.05) is 41.3 Å². The second-order valence-corrected chi connectivity index (χ2v) is 19.4. The van der Waals surface area contributed by atoms with E-state index in [0.29, 0.717) is 29.6 Å². The lowest BCUT2D eigenvalue weighted by atomic mass is 10.0. The highest BCUT2D eigenvalue weighted by atomic mass is 32.1. The molecule has 0 spiro atoms. The summed E-state index contributed by atoms with van der Waals surface area (Å²) in [6.07, 6.45) is -1.47. The van der Waals surface area contributed by atoms with Crippen LogP contribution in [-0.2, 0) is 17.1 Å². The van der Waals surface area contributed by atoms with Crippen molar-refractivity contribution in [3.8, 4) is 12.1 Å². The lowest BCUT2D eigenvalue weighted by Gasteiger charge is -2.37. The van der Waals surface area contributed by atoms with Crippen molar-refractivity contribution in [3.05, 3.63) is 119 Å². The summed E-state index contributed by atoms with van der Waals surface area (Å²) in [5, 5.41) is 24.9. The predicted octanol–water partition coefficient (Wildman–Crippen LogP) is 9.97. The lowest BCUT2D eigenvalue weighted by molar-refractivity contribution is -0.138. The number of amides is 1. The van der Waals surface area contributed by atoms with Crippen molar-refractivity contribution in [2.75, 3.05) is 112 Å². The van der Waals surface area contributed by atoms with Crippen molar-refractivity contribution in [2.24, 2.45) is 0 Å². The van der Waals surface area contributed by atoms with Crippen LogP contribution in [0.1, 0.15) is 73.6 Å². The van der Waals surface area contributed by atoms with E-state index in [-0.39, 0.29) is 5.91 Å². The Bertz CT molecular complexity index is 2240. The molecule has 0 saturated carbocycles. The molecule has 8 rings (SSSR count). The van der Waals surface area contributed by atoms with Crippen molar-refractivity contribution in [1.29, 1.82) is 10.5 Å². The summed E-state index contributed by atoms with van der Waals surface area (Å²) in [6.45, 7) is 11.9. The minimum Gasteiger partial charge on any atom is -0.382 e. The molecule has 2 N–H and O–H groups in total. The van der Waals surface area contributed by atoms with Crippen LogP contribution in [0.25, 0.3) is 0 Å². The number of thiocarbonyl (C=S) groups is 1. The summed E-state index contributed by atoms with van der Waals surface area (Å²) in [4.78, 5) is 27.0. The summed E-state index contributed by atoms with van der Waals surface area (Å²) < 4.78 is 76.7. The van der Waals surface area contributed by atoms with Gasteiger partial charge in [0.15, 0.2) is 0 Å². The van der Waals surface area contributed by atoms with Crippen LogP contribution in [0.5, 0.6) is 0 Å². The number of hydrogen-bond donors (Lipinski definition) is 2. The molecule has 4 aliphatic rings. The van der Waals surface area contributed by atoms with Gasteiger partial charge < -0.3 is 30.2 Å². The average Bonchev–Trinajstić information content (AvgIpc) is 3.39. The van der Waals surface area contributed by atoms with Gasteiger partial charge in [-0.25, -0.2) is 0 Å². The van der Waals surface area contributed by atoms with E-state index in [9.17, 15) is 31.1 Å². The number of carbonyl (C=O) groups excluding carboxylic acids is 1. The summed E-state index contributed by atoms with van der Waals surface area (Å²) in [6, 6.07) is 30.8. The van der Waals surface area contributed by atoms with Gasteiger partial charge in [0, 0.05) is 120 Å². The quantitative estimate of drug-likeness (QED) is 0.0932. The Kier molecular flexibility index (Phi) is 19.0. The molecule has 11 nitrogen and oxygen atoms in total. The van der Waals surface area contributed by atoms with Gasteiger partial charge >= 0.3 is 12.4 Å². The van der Waals surface area contributed by atoms with E-state index in [0.717, 1.165) is 189 Å². The fraction of sp³-hybridized carbons (Fsp3) is 0.481. The third-order valence-electron chi connectivity index (χ3n) is 14.1. The van der Waals surface area contributed by atoms with E-state index in [1.165, 1.54) is 0 Å². The van der Waals surface area contributed by atoms with Gasteiger partial charge in [0.2, 0.25) is 5.91 Å². The Labute approximate surface area is 424 Å². The van der Waals surface area contributed by atoms with E-state index in [1.54, 1.807) is 36.4 Å². The number of carbonyl (C=O) groups is 1. The molecule has 4 aromatic rings. The Morgan fingerprint density at radius 2 is 0.875 bits per heavy atom. The van der Waals surface area contributed by atoms with E-state index in [2.05, 4.69) is 47.3 Å². The van der Waals surface area contributed by atoms with Gasteiger partial charge in [-0.1, -0.05) is 12.2 Å². The Balaban J connectivity index is 0.000000211. The maximum Gasteiger partial charge on any atom is 0.416 e. The predicted molar refractivity (Wildman–Crippen MR) is 275 cm³/mol. The fourth-order valence-corrected chi connectivity index (χ4v) is 10.0. The van der Waals surface area contributed by atoms with Gasteiger partial charge in [-0.2, -0.15) is 36.9 Å². The van der Waals surface area contributed by atoms with Crippen molar-refractivity contribution in [2.45, 2.75) is 75.8 Å². The van der Waals surface area contributed by atoms with Crippen LogP contribution in [-0.4, -0.2) is 134 Å². The highest BCUT2D eigenvalue weighted by molar-refractivity contribution is 7.80. The van der Waals surface area contributed by atoms with Crippen LogP contribution < -0.4 is 20.4 Å². The number of hydrogen-bond acceptors (Lipinski definition) is 10. The minimum absolute atomic E-state index is 0.204. The molecule has 0 aliphatic carbocycles. The van der Waals surface area contributed by atoms with Crippen LogP contribution >= 0.6 is 12.2 Å². The molecule has 4 heterocycles. The number of piperazine rings is 2. The maximum atomic E-state index is 12.8. The third-order valence-corrected chi connectivity index (χ3v) is 14.5. The first-order valence-electron chi connectivity index (χ1n) is 25.0. The molecule has 72 heavy (non-hydrogen) atoms. The first-order chi connectivity index (χ1) is 34.6. The number of likely N-dealkylation sites (tertiary alicyclic amines) is 2. The van der Waals surface area contributed by atoms with Crippen molar-refractivity contribution in [1.82, 2.24) is 19.6 Å². The molecular weight excluding hydrogens is 951 g/mol. The number of rotatable bonds is 14. The first-order valence-corrected chi connectivity index (χ1v) is 25.4. The Morgan fingerprint density at radius 3 is 1.24 bits per heavy atom. The standard InChI is InChI=1S/C27H32F3N5O.C27H32F3N5S/c2*28-27(29,30)22-5-9-25(10-6-22)34-18-16-33(17-19-34)13-1-2-26(36)35-14-11-24(12-15-35)32-23-7-3-21(20-31)4-8-23/h2*3-10,24,32H,1-2,11-19H2. The number of nitrogens with zero attached hydrogens (tertiary/aromatic N) is 8. The zero-order chi connectivity index (χ0) is 51.1. The number of anilines is 4. The van der Waals surface area contributed by atoms with Crippen molar-refractivity contribution < 1.29 is 31.1 Å². The number of benzene rings is 4. The van der Waals surface area contributed by atoms with Gasteiger partial charge in [-0.15, -0.1) is 0 Å². The zero-order valence-corrected chi connectivity index (χ0v) is 41.4. The van der Waals surface area contributed by atoms with Crippen LogP contribution in [0.4, 0.5) is 49.1 Å². The monoisotopic (exact) mass is 1010 g/mol. The summed E-state index contributed by atoms with van der Waals surface area (Å²) in [7, 11) is 0. The van der Waals surface area contributed by atoms with Gasteiger partial charge in [0.05, 0.1) is 39.4 Å². The van der Waals surface area contributed by atoms with Gasteiger partial charge in [0.1, 0.15) is 0 Å². The number of alkyl halides is 6. The first kappa shape index (κ1) is 53.7. The second-order valence-electron chi connectivity index (χ2n) is 18.9. The molecule has 0 radical (unpaired) electrons. The molecule has 4 saturated heterocycles. The van der Waals surface area contributed by atoms with Gasteiger partial charge in [-0.3, -0.25) is 14.6 Å². The number of halogens is 6.